The molecule has 0 atom stereocenters. The number of ketones is 1. The number of hydrogen-bond donors (Lipinski definition) is 0. The SMILES string of the molecule is CCc1ccc(C(=O)CCBr)c(CBr)c1. The van der Waals surface area contributed by atoms with Crippen LogP contribution < -0.4 is 0 Å². The predicted molar refractivity (Wildman–Crippen MR) is 71.2 cm³/mol. The molecule has 82 valence electrons. The van der Waals surface area contributed by atoms with Crippen LogP contribution in [0.3, 0.4) is 0 Å². The summed E-state index contributed by atoms with van der Waals surface area (Å²) in [6, 6.07) is 6.09. The summed E-state index contributed by atoms with van der Waals surface area (Å²) in [4.78, 5) is 11.8. The van der Waals surface area contributed by atoms with Gasteiger partial charge in [-0.15, -0.1) is 0 Å². The van der Waals surface area contributed by atoms with Gasteiger partial charge in [0.1, 0.15) is 0 Å². The molecule has 0 aliphatic heterocycles. The molecule has 0 N–H and O–H groups in total. The van der Waals surface area contributed by atoms with Gasteiger partial charge in [0, 0.05) is 22.6 Å². The van der Waals surface area contributed by atoms with Gasteiger partial charge in [-0.3, -0.25) is 4.79 Å². The average Bonchev–Trinajstić information content (AvgIpc) is 2.28. The van der Waals surface area contributed by atoms with Gasteiger partial charge in [0.05, 0.1) is 0 Å². The summed E-state index contributed by atoms with van der Waals surface area (Å²) in [7, 11) is 0. The van der Waals surface area contributed by atoms with Crippen molar-refractivity contribution < 1.29 is 4.79 Å². The highest BCUT2D eigenvalue weighted by Crippen LogP contribution is 2.18. The standard InChI is InChI=1S/C12H14Br2O/c1-2-9-3-4-11(10(7-9)8-14)12(15)5-6-13/h3-4,7H,2,5-6,8H2,1H3. The summed E-state index contributed by atoms with van der Waals surface area (Å²) in [5, 5.41) is 1.47. The van der Waals surface area contributed by atoms with Crippen LogP contribution in [0.25, 0.3) is 0 Å². The molecule has 1 nitrogen and oxygen atoms in total. The monoisotopic (exact) mass is 332 g/mol. The van der Waals surface area contributed by atoms with Gasteiger partial charge in [-0.05, 0) is 17.5 Å². The molecule has 0 aromatic heterocycles. The number of aryl methyl sites for hydroxylation is 1. The van der Waals surface area contributed by atoms with E-state index in [0.717, 1.165) is 28.2 Å². The van der Waals surface area contributed by atoms with Gasteiger partial charge in [0.25, 0.3) is 0 Å². The number of halogens is 2. The zero-order valence-electron chi connectivity index (χ0n) is 8.72. The van der Waals surface area contributed by atoms with E-state index in [1.165, 1.54) is 5.56 Å². The van der Waals surface area contributed by atoms with Crippen LogP contribution in [-0.2, 0) is 11.8 Å². The largest absolute Gasteiger partial charge is 0.294 e. The van der Waals surface area contributed by atoms with Gasteiger partial charge in [-0.1, -0.05) is 57.0 Å². The van der Waals surface area contributed by atoms with Crippen molar-refractivity contribution in [2.24, 2.45) is 0 Å². The highest BCUT2D eigenvalue weighted by Gasteiger charge is 2.10. The zero-order valence-corrected chi connectivity index (χ0v) is 11.9. The topological polar surface area (TPSA) is 17.1 Å². The number of Topliss-reactive ketones (excluding diaryl/α,β-unsaturated/α-hetero) is 1. The molecule has 3 heteroatoms. The first-order valence-electron chi connectivity index (χ1n) is 4.99. The number of hydrogen-bond acceptors (Lipinski definition) is 1. The molecule has 0 saturated heterocycles. The van der Waals surface area contributed by atoms with Crippen LogP contribution in [0, 0.1) is 0 Å². The van der Waals surface area contributed by atoms with E-state index in [-0.39, 0.29) is 5.78 Å². The Morgan fingerprint density at radius 1 is 1.33 bits per heavy atom. The van der Waals surface area contributed by atoms with Crippen LogP contribution in [-0.4, -0.2) is 11.1 Å². The third kappa shape index (κ3) is 3.42. The molecule has 0 aliphatic rings. The molecule has 0 heterocycles. The Kier molecular flexibility index (Phi) is 5.54. The second-order valence-electron chi connectivity index (χ2n) is 3.34. The quantitative estimate of drug-likeness (QED) is 0.585. The van der Waals surface area contributed by atoms with Crippen molar-refractivity contribution in [3.8, 4) is 0 Å². The van der Waals surface area contributed by atoms with E-state index in [0.29, 0.717) is 6.42 Å². The van der Waals surface area contributed by atoms with Crippen molar-refractivity contribution in [3.05, 3.63) is 34.9 Å². The lowest BCUT2D eigenvalue weighted by Gasteiger charge is -2.07. The van der Waals surface area contributed by atoms with Gasteiger partial charge in [-0.25, -0.2) is 0 Å². The zero-order chi connectivity index (χ0) is 11.3. The van der Waals surface area contributed by atoms with Crippen molar-refractivity contribution >= 4 is 37.6 Å². The Morgan fingerprint density at radius 3 is 2.60 bits per heavy atom. The molecule has 15 heavy (non-hydrogen) atoms. The lowest BCUT2D eigenvalue weighted by atomic mass is 10.00. The van der Waals surface area contributed by atoms with Crippen LogP contribution in [0.5, 0.6) is 0 Å². The van der Waals surface area contributed by atoms with E-state index >= 15 is 0 Å². The fraction of sp³-hybridized carbons (Fsp3) is 0.417. The lowest BCUT2D eigenvalue weighted by molar-refractivity contribution is 0.0989. The van der Waals surface area contributed by atoms with E-state index in [4.69, 9.17) is 0 Å². The van der Waals surface area contributed by atoms with E-state index in [2.05, 4.69) is 44.8 Å². The maximum atomic E-state index is 11.8. The average molecular weight is 334 g/mol. The molecule has 0 amide bonds. The Balaban J connectivity index is 3.02. The van der Waals surface area contributed by atoms with Gasteiger partial charge >= 0.3 is 0 Å². The molecule has 0 radical (unpaired) electrons. The molecular formula is C12H14Br2O. The number of carbonyl (C=O) groups excluding carboxylic acids is 1. The first-order chi connectivity index (χ1) is 7.22. The molecule has 0 fully saturated rings. The minimum atomic E-state index is 0.212. The number of carbonyl (C=O) groups is 1. The van der Waals surface area contributed by atoms with Crippen LogP contribution in [0.15, 0.2) is 18.2 Å². The van der Waals surface area contributed by atoms with Crippen molar-refractivity contribution in [1.82, 2.24) is 0 Å². The van der Waals surface area contributed by atoms with Crippen molar-refractivity contribution in [3.63, 3.8) is 0 Å². The molecular weight excluding hydrogens is 320 g/mol. The second kappa shape index (κ2) is 6.44. The minimum Gasteiger partial charge on any atom is -0.294 e. The van der Waals surface area contributed by atoms with Crippen LogP contribution in [0.4, 0.5) is 0 Å². The summed E-state index contributed by atoms with van der Waals surface area (Å²) >= 11 is 6.72. The van der Waals surface area contributed by atoms with Crippen LogP contribution in [0.2, 0.25) is 0 Å². The Hall–Kier alpha value is -0.150. The first-order valence-corrected chi connectivity index (χ1v) is 7.24. The highest BCUT2D eigenvalue weighted by atomic mass is 79.9. The maximum absolute atomic E-state index is 11.8. The fourth-order valence-corrected chi connectivity index (χ4v) is 2.29. The van der Waals surface area contributed by atoms with Crippen molar-refractivity contribution in [2.75, 3.05) is 5.33 Å². The first kappa shape index (κ1) is 12.9. The van der Waals surface area contributed by atoms with Crippen molar-refractivity contribution in [1.29, 1.82) is 0 Å². The molecule has 0 aliphatic carbocycles. The molecule has 1 aromatic carbocycles. The third-order valence-electron chi connectivity index (χ3n) is 2.34. The summed E-state index contributed by atoms with van der Waals surface area (Å²) in [5.41, 5.74) is 3.23. The molecule has 1 aromatic rings. The lowest BCUT2D eigenvalue weighted by Crippen LogP contribution is -2.04. The smallest absolute Gasteiger partial charge is 0.164 e. The molecule has 0 unspecified atom stereocenters. The summed E-state index contributed by atoms with van der Waals surface area (Å²) in [5.74, 6) is 0.212. The summed E-state index contributed by atoms with van der Waals surface area (Å²) in [6.45, 7) is 2.12. The summed E-state index contributed by atoms with van der Waals surface area (Å²) in [6.07, 6.45) is 1.57. The molecule has 1 rings (SSSR count). The van der Waals surface area contributed by atoms with E-state index in [9.17, 15) is 4.79 Å². The Labute approximate surface area is 108 Å². The maximum Gasteiger partial charge on any atom is 0.164 e. The fourth-order valence-electron chi connectivity index (χ4n) is 1.47. The molecule has 0 bridgehead atoms. The van der Waals surface area contributed by atoms with Crippen LogP contribution in [0.1, 0.15) is 34.8 Å². The Morgan fingerprint density at radius 2 is 2.07 bits per heavy atom. The highest BCUT2D eigenvalue weighted by molar-refractivity contribution is 9.09. The van der Waals surface area contributed by atoms with Gasteiger partial charge in [-0.2, -0.15) is 0 Å². The van der Waals surface area contributed by atoms with Crippen molar-refractivity contribution in [2.45, 2.75) is 25.1 Å². The molecule has 0 spiro atoms. The minimum absolute atomic E-state index is 0.212. The second-order valence-corrected chi connectivity index (χ2v) is 4.69. The molecule has 0 saturated carbocycles. The van der Waals surface area contributed by atoms with Crippen LogP contribution >= 0.6 is 31.9 Å². The third-order valence-corrected chi connectivity index (χ3v) is 3.34. The van der Waals surface area contributed by atoms with Gasteiger partial charge < -0.3 is 0 Å². The van der Waals surface area contributed by atoms with E-state index in [1.807, 2.05) is 12.1 Å². The van der Waals surface area contributed by atoms with Gasteiger partial charge in [0.2, 0.25) is 0 Å². The number of alkyl halides is 2. The predicted octanol–water partition coefficient (Wildman–Crippen LogP) is 4.11. The Bertz CT molecular complexity index is 347. The van der Waals surface area contributed by atoms with E-state index < -0.39 is 0 Å². The summed E-state index contributed by atoms with van der Waals surface area (Å²) < 4.78 is 0. The number of rotatable bonds is 5. The van der Waals surface area contributed by atoms with E-state index in [1.54, 1.807) is 0 Å². The van der Waals surface area contributed by atoms with Gasteiger partial charge in [0.15, 0.2) is 5.78 Å². The number of benzene rings is 1. The normalized spacial score (nSPS) is 10.3.